The van der Waals surface area contributed by atoms with Gasteiger partial charge in [-0.1, -0.05) is 40.9 Å². The Hall–Kier alpha value is -2.50. The number of carbonyl (C=O) groups excluding carboxylic acids is 1. The average Bonchev–Trinajstić information content (AvgIpc) is 2.72. The van der Waals surface area contributed by atoms with Crippen LogP contribution in [0.5, 0.6) is 0 Å². The molecular formula is C21H18Cl3N3O5S2. The lowest BCUT2D eigenvalue weighted by atomic mass is 10.3. The van der Waals surface area contributed by atoms with E-state index in [2.05, 4.69) is 10.0 Å². The standard InChI is InChI=1S/C21H18Cl3N3O5S2/c1-33(29,30)27(20-10-5-15(23)12-19(20)24)13-21(28)25-16-6-8-18(9-7-16)34(31,32)26-17-4-2-3-14(22)11-17/h2-12,26H,13H2,1H3,(H,25,28). The normalized spacial score (nSPS) is 11.6. The predicted octanol–water partition coefficient (Wildman–Crippen LogP) is 4.85. The van der Waals surface area contributed by atoms with Crippen molar-refractivity contribution in [2.24, 2.45) is 0 Å². The maximum atomic E-state index is 12.6. The van der Waals surface area contributed by atoms with Crippen LogP contribution in [0.4, 0.5) is 17.1 Å². The van der Waals surface area contributed by atoms with Gasteiger partial charge in [-0.25, -0.2) is 16.8 Å². The van der Waals surface area contributed by atoms with Gasteiger partial charge >= 0.3 is 0 Å². The summed E-state index contributed by atoms with van der Waals surface area (Å²) in [5.41, 5.74) is 0.659. The third-order valence-corrected chi connectivity index (χ3v) is 7.69. The van der Waals surface area contributed by atoms with Crippen LogP contribution >= 0.6 is 34.8 Å². The van der Waals surface area contributed by atoms with E-state index in [-0.39, 0.29) is 21.3 Å². The fraction of sp³-hybridized carbons (Fsp3) is 0.0952. The van der Waals surface area contributed by atoms with Crippen molar-refractivity contribution in [2.45, 2.75) is 4.90 Å². The highest BCUT2D eigenvalue weighted by atomic mass is 35.5. The van der Waals surface area contributed by atoms with E-state index in [9.17, 15) is 21.6 Å². The molecule has 34 heavy (non-hydrogen) atoms. The lowest BCUT2D eigenvalue weighted by Gasteiger charge is -2.23. The number of nitrogens with zero attached hydrogens (tertiary/aromatic N) is 1. The molecule has 0 aliphatic heterocycles. The number of sulfonamides is 2. The number of rotatable bonds is 8. The number of benzene rings is 3. The molecule has 0 saturated carbocycles. The zero-order chi connectivity index (χ0) is 25.1. The molecule has 1 amide bonds. The quantitative estimate of drug-likeness (QED) is 0.407. The summed E-state index contributed by atoms with van der Waals surface area (Å²) in [5.74, 6) is -0.663. The first-order valence-corrected chi connectivity index (χ1v) is 13.9. The van der Waals surface area contributed by atoms with Gasteiger partial charge in [0.2, 0.25) is 15.9 Å². The summed E-state index contributed by atoms with van der Waals surface area (Å²) in [5, 5.41) is 3.28. The molecule has 13 heteroatoms. The Kier molecular flexibility index (Phi) is 7.99. The molecule has 3 aromatic carbocycles. The van der Waals surface area contributed by atoms with Gasteiger partial charge in [-0.15, -0.1) is 0 Å². The molecule has 180 valence electrons. The highest BCUT2D eigenvalue weighted by molar-refractivity contribution is 7.92. The van der Waals surface area contributed by atoms with Crippen LogP contribution in [-0.4, -0.2) is 35.5 Å². The Morgan fingerprint density at radius 2 is 1.50 bits per heavy atom. The minimum absolute atomic E-state index is 0.0452. The van der Waals surface area contributed by atoms with Crippen molar-refractivity contribution in [1.82, 2.24) is 0 Å². The minimum atomic E-state index is -3.89. The number of carbonyl (C=O) groups is 1. The van der Waals surface area contributed by atoms with E-state index in [0.29, 0.717) is 15.7 Å². The Morgan fingerprint density at radius 1 is 0.853 bits per heavy atom. The zero-order valence-corrected chi connectivity index (χ0v) is 21.4. The molecule has 0 saturated heterocycles. The summed E-state index contributed by atoms with van der Waals surface area (Å²) < 4.78 is 52.9. The van der Waals surface area contributed by atoms with Gasteiger partial charge in [0.15, 0.2) is 0 Å². The maximum absolute atomic E-state index is 12.6. The number of hydrogen-bond acceptors (Lipinski definition) is 5. The first-order chi connectivity index (χ1) is 15.8. The van der Waals surface area contributed by atoms with Gasteiger partial charge in [-0.2, -0.15) is 0 Å². The van der Waals surface area contributed by atoms with Crippen molar-refractivity contribution in [3.05, 3.63) is 81.8 Å². The molecule has 2 N–H and O–H groups in total. The summed E-state index contributed by atoms with van der Waals surface area (Å²) in [4.78, 5) is 12.5. The van der Waals surface area contributed by atoms with E-state index >= 15 is 0 Å². The van der Waals surface area contributed by atoms with Crippen molar-refractivity contribution >= 4 is 77.8 Å². The largest absolute Gasteiger partial charge is 0.325 e. The van der Waals surface area contributed by atoms with Crippen LogP contribution in [0.25, 0.3) is 0 Å². The Balaban J connectivity index is 1.73. The van der Waals surface area contributed by atoms with Crippen molar-refractivity contribution < 1.29 is 21.6 Å². The topological polar surface area (TPSA) is 113 Å². The second-order valence-corrected chi connectivity index (χ2v) is 11.9. The molecule has 3 aromatic rings. The highest BCUT2D eigenvalue weighted by Gasteiger charge is 2.23. The molecular weight excluding hydrogens is 545 g/mol. The van der Waals surface area contributed by atoms with Crippen LogP contribution in [0.3, 0.4) is 0 Å². The Morgan fingerprint density at radius 3 is 2.09 bits per heavy atom. The van der Waals surface area contributed by atoms with Crippen LogP contribution in [0.1, 0.15) is 0 Å². The first-order valence-electron chi connectivity index (χ1n) is 9.46. The van der Waals surface area contributed by atoms with Crippen molar-refractivity contribution in [3.8, 4) is 0 Å². The summed E-state index contributed by atoms with van der Waals surface area (Å²) in [6.07, 6.45) is 0.942. The van der Waals surface area contributed by atoms with Crippen molar-refractivity contribution in [2.75, 3.05) is 27.1 Å². The van der Waals surface area contributed by atoms with Gasteiger partial charge in [0.25, 0.3) is 10.0 Å². The van der Waals surface area contributed by atoms with E-state index in [1.165, 1.54) is 48.5 Å². The number of halogens is 3. The van der Waals surface area contributed by atoms with Gasteiger partial charge in [0.1, 0.15) is 6.54 Å². The highest BCUT2D eigenvalue weighted by Crippen LogP contribution is 2.30. The molecule has 0 heterocycles. The number of amides is 1. The lowest BCUT2D eigenvalue weighted by Crippen LogP contribution is -2.37. The third-order valence-electron chi connectivity index (χ3n) is 4.39. The molecule has 0 spiro atoms. The van der Waals surface area contributed by atoms with Gasteiger partial charge in [-0.05, 0) is 60.7 Å². The monoisotopic (exact) mass is 561 g/mol. The second-order valence-electron chi connectivity index (χ2n) is 7.05. The van der Waals surface area contributed by atoms with Crippen LogP contribution < -0.4 is 14.3 Å². The number of hydrogen-bond donors (Lipinski definition) is 2. The average molecular weight is 563 g/mol. The van der Waals surface area contributed by atoms with Crippen LogP contribution in [-0.2, 0) is 24.8 Å². The SMILES string of the molecule is CS(=O)(=O)N(CC(=O)Nc1ccc(S(=O)(=O)Nc2cccc(Cl)c2)cc1)c1ccc(Cl)cc1Cl. The van der Waals surface area contributed by atoms with Gasteiger partial charge in [0, 0.05) is 15.7 Å². The first kappa shape index (κ1) is 26.1. The van der Waals surface area contributed by atoms with Crippen LogP contribution in [0.15, 0.2) is 71.6 Å². The molecule has 0 aromatic heterocycles. The summed E-state index contributed by atoms with van der Waals surface area (Å²) in [6, 6.07) is 15.8. The predicted molar refractivity (Wildman–Crippen MR) is 136 cm³/mol. The number of nitrogens with one attached hydrogen (secondary N) is 2. The third kappa shape index (κ3) is 6.77. The maximum Gasteiger partial charge on any atom is 0.261 e. The zero-order valence-electron chi connectivity index (χ0n) is 17.5. The van der Waals surface area contributed by atoms with Crippen molar-refractivity contribution in [3.63, 3.8) is 0 Å². The van der Waals surface area contributed by atoms with Gasteiger partial charge in [-0.3, -0.25) is 13.8 Å². The van der Waals surface area contributed by atoms with Gasteiger partial charge < -0.3 is 5.32 Å². The summed E-state index contributed by atoms with van der Waals surface area (Å²) >= 11 is 17.8. The molecule has 3 rings (SSSR count). The minimum Gasteiger partial charge on any atom is -0.325 e. The molecule has 0 radical (unpaired) electrons. The van der Waals surface area contributed by atoms with E-state index < -0.39 is 32.5 Å². The van der Waals surface area contributed by atoms with E-state index in [1.807, 2.05) is 0 Å². The smallest absolute Gasteiger partial charge is 0.261 e. The molecule has 0 atom stereocenters. The van der Waals surface area contributed by atoms with Crippen LogP contribution in [0, 0.1) is 0 Å². The molecule has 0 fully saturated rings. The van der Waals surface area contributed by atoms with Crippen molar-refractivity contribution in [1.29, 1.82) is 0 Å². The van der Waals surface area contributed by atoms with Gasteiger partial charge in [0.05, 0.1) is 27.5 Å². The molecule has 0 aliphatic carbocycles. The molecule has 0 unspecified atom stereocenters. The fourth-order valence-electron chi connectivity index (χ4n) is 2.88. The molecule has 0 bridgehead atoms. The van der Waals surface area contributed by atoms with E-state index in [1.54, 1.807) is 18.2 Å². The molecule has 0 aliphatic rings. The van der Waals surface area contributed by atoms with E-state index in [0.717, 1.165) is 10.6 Å². The Labute approximate surface area is 212 Å². The summed E-state index contributed by atoms with van der Waals surface area (Å²) in [7, 11) is -7.74. The molecule has 8 nitrogen and oxygen atoms in total. The van der Waals surface area contributed by atoms with E-state index in [4.69, 9.17) is 34.8 Å². The van der Waals surface area contributed by atoms with Crippen LogP contribution in [0.2, 0.25) is 15.1 Å². The number of anilines is 3. The Bertz CT molecular complexity index is 1430. The second kappa shape index (κ2) is 10.4. The lowest BCUT2D eigenvalue weighted by molar-refractivity contribution is -0.114. The fourth-order valence-corrected chi connectivity index (χ4v) is 5.55. The summed E-state index contributed by atoms with van der Waals surface area (Å²) in [6.45, 7) is -0.559.